The summed E-state index contributed by atoms with van der Waals surface area (Å²) in [7, 11) is 0. The van der Waals surface area contributed by atoms with Crippen molar-refractivity contribution in [1.29, 1.82) is 0 Å². The minimum absolute atomic E-state index is 0.0828. The van der Waals surface area contributed by atoms with E-state index in [1.807, 2.05) is 0 Å². The van der Waals surface area contributed by atoms with Crippen LogP contribution in [-0.4, -0.2) is 15.9 Å². The van der Waals surface area contributed by atoms with Crippen molar-refractivity contribution in [3.8, 4) is 0 Å². The second-order valence-electron chi connectivity index (χ2n) is 5.48. The van der Waals surface area contributed by atoms with Crippen molar-refractivity contribution in [2.75, 3.05) is 5.32 Å². The zero-order valence-corrected chi connectivity index (χ0v) is 11.6. The van der Waals surface area contributed by atoms with Gasteiger partial charge in [-0.25, -0.2) is 4.98 Å². The number of pyridine rings is 1. The fourth-order valence-electron chi connectivity index (χ4n) is 2.72. The van der Waals surface area contributed by atoms with Crippen LogP contribution in [0, 0.1) is 23.0 Å². The lowest BCUT2D eigenvalue weighted by Gasteiger charge is -2.23. The van der Waals surface area contributed by atoms with Crippen molar-refractivity contribution in [3.63, 3.8) is 0 Å². The molecule has 5 nitrogen and oxygen atoms in total. The van der Waals surface area contributed by atoms with Crippen molar-refractivity contribution >= 4 is 11.5 Å². The molecular weight excluding hydrogens is 242 g/mol. The van der Waals surface area contributed by atoms with Gasteiger partial charge in [-0.3, -0.25) is 10.1 Å². The van der Waals surface area contributed by atoms with E-state index in [0.717, 1.165) is 12.2 Å². The minimum atomic E-state index is -0.389. The molecule has 1 aliphatic carbocycles. The molecule has 2 atom stereocenters. The first kappa shape index (κ1) is 13.8. The Balaban J connectivity index is 2.10. The van der Waals surface area contributed by atoms with Gasteiger partial charge in [0, 0.05) is 11.6 Å². The molecule has 2 rings (SSSR count). The Labute approximate surface area is 113 Å². The van der Waals surface area contributed by atoms with Gasteiger partial charge in [-0.05, 0) is 31.7 Å². The van der Waals surface area contributed by atoms with Crippen LogP contribution in [0.1, 0.15) is 44.6 Å². The molecular formula is C14H21N3O2. The van der Waals surface area contributed by atoms with E-state index < -0.39 is 0 Å². The van der Waals surface area contributed by atoms with Gasteiger partial charge >= 0.3 is 0 Å². The number of anilines is 1. The quantitative estimate of drug-likeness (QED) is 0.513. The van der Waals surface area contributed by atoms with Crippen LogP contribution in [-0.2, 0) is 0 Å². The Morgan fingerprint density at radius 1 is 1.37 bits per heavy atom. The molecule has 5 heteroatoms. The highest BCUT2D eigenvalue weighted by Crippen LogP contribution is 2.26. The summed E-state index contributed by atoms with van der Waals surface area (Å²) >= 11 is 0. The number of rotatable bonds is 3. The standard InChI is InChI=1S/C14H21N3O2/c1-10-6-4-3-5-7-12(10)16-14-8-11(2)13(9-15-14)17(18)19/h8-10,12H,3-7H2,1-2H3,(H,15,16). The summed E-state index contributed by atoms with van der Waals surface area (Å²) < 4.78 is 0. The summed E-state index contributed by atoms with van der Waals surface area (Å²) in [5, 5.41) is 14.2. The lowest BCUT2D eigenvalue weighted by molar-refractivity contribution is -0.385. The average molecular weight is 263 g/mol. The Morgan fingerprint density at radius 2 is 2.11 bits per heavy atom. The molecule has 0 bridgehead atoms. The molecule has 1 heterocycles. The van der Waals surface area contributed by atoms with Crippen LogP contribution in [0.3, 0.4) is 0 Å². The summed E-state index contributed by atoms with van der Waals surface area (Å²) in [6.07, 6.45) is 7.58. The molecule has 1 N–H and O–H groups in total. The summed E-state index contributed by atoms with van der Waals surface area (Å²) in [5.74, 6) is 1.38. The van der Waals surface area contributed by atoms with Crippen LogP contribution in [0.15, 0.2) is 12.3 Å². The first-order valence-corrected chi connectivity index (χ1v) is 6.95. The fraction of sp³-hybridized carbons (Fsp3) is 0.643. The lowest BCUT2D eigenvalue weighted by atomic mass is 9.97. The summed E-state index contributed by atoms with van der Waals surface area (Å²) in [6, 6.07) is 2.20. The van der Waals surface area contributed by atoms with E-state index in [0.29, 0.717) is 17.5 Å². The van der Waals surface area contributed by atoms with Crippen LogP contribution in [0.5, 0.6) is 0 Å². The number of hydrogen-bond donors (Lipinski definition) is 1. The second kappa shape index (κ2) is 5.99. The fourth-order valence-corrected chi connectivity index (χ4v) is 2.72. The van der Waals surface area contributed by atoms with Gasteiger partial charge in [0.25, 0.3) is 5.69 Å². The van der Waals surface area contributed by atoms with Crippen LogP contribution < -0.4 is 5.32 Å². The van der Waals surface area contributed by atoms with Crippen LogP contribution in [0.2, 0.25) is 0 Å². The van der Waals surface area contributed by atoms with Crippen molar-refractivity contribution in [2.24, 2.45) is 5.92 Å². The van der Waals surface area contributed by atoms with Crippen molar-refractivity contribution in [1.82, 2.24) is 4.98 Å². The van der Waals surface area contributed by atoms with E-state index in [4.69, 9.17) is 0 Å². The van der Waals surface area contributed by atoms with E-state index >= 15 is 0 Å². The maximum atomic E-state index is 10.8. The van der Waals surface area contributed by atoms with Gasteiger partial charge in [-0.1, -0.05) is 26.2 Å². The van der Waals surface area contributed by atoms with E-state index in [1.165, 1.54) is 31.9 Å². The lowest BCUT2D eigenvalue weighted by Crippen LogP contribution is -2.26. The zero-order valence-electron chi connectivity index (χ0n) is 11.6. The number of nitrogens with one attached hydrogen (secondary N) is 1. The molecule has 0 saturated heterocycles. The molecule has 0 aliphatic heterocycles. The van der Waals surface area contributed by atoms with Gasteiger partial charge in [0.05, 0.1) is 4.92 Å². The van der Waals surface area contributed by atoms with E-state index in [2.05, 4.69) is 17.2 Å². The number of nitro groups is 1. The topological polar surface area (TPSA) is 68.1 Å². The SMILES string of the molecule is Cc1cc(NC2CCCCCC2C)ncc1[N+](=O)[O-]. The number of nitrogens with zero attached hydrogens (tertiary/aromatic N) is 2. The molecule has 1 aromatic rings. The molecule has 104 valence electrons. The van der Waals surface area contributed by atoms with Crippen LogP contribution in [0.4, 0.5) is 11.5 Å². The first-order chi connectivity index (χ1) is 9.08. The summed E-state index contributed by atoms with van der Waals surface area (Å²) in [4.78, 5) is 14.5. The molecule has 1 aliphatic rings. The van der Waals surface area contributed by atoms with Crippen molar-refractivity contribution in [3.05, 3.63) is 27.9 Å². The largest absolute Gasteiger partial charge is 0.367 e. The minimum Gasteiger partial charge on any atom is -0.367 e. The Hall–Kier alpha value is -1.65. The van der Waals surface area contributed by atoms with E-state index in [-0.39, 0.29) is 10.6 Å². The molecule has 1 saturated carbocycles. The highest BCUT2D eigenvalue weighted by Gasteiger charge is 2.20. The van der Waals surface area contributed by atoms with Gasteiger partial charge in [-0.2, -0.15) is 0 Å². The van der Waals surface area contributed by atoms with Gasteiger partial charge in [0.1, 0.15) is 12.0 Å². The Kier molecular flexibility index (Phi) is 4.35. The third-order valence-electron chi connectivity index (χ3n) is 3.97. The van der Waals surface area contributed by atoms with Gasteiger partial charge in [0.2, 0.25) is 0 Å². The molecule has 0 aromatic carbocycles. The molecule has 1 aromatic heterocycles. The molecule has 19 heavy (non-hydrogen) atoms. The highest BCUT2D eigenvalue weighted by atomic mass is 16.6. The molecule has 1 fully saturated rings. The monoisotopic (exact) mass is 263 g/mol. The number of hydrogen-bond acceptors (Lipinski definition) is 4. The third kappa shape index (κ3) is 3.43. The molecule has 0 spiro atoms. The zero-order chi connectivity index (χ0) is 13.8. The number of aromatic nitrogens is 1. The van der Waals surface area contributed by atoms with Gasteiger partial charge in [-0.15, -0.1) is 0 Å². The van der Waals surface area contributed by atoms with Gasteiger partial charge in [0.15, 0.2) is 0 Å². The van der Waals surface area contributed by atoms with E-state index in [9.17, 15) is 10.1 Å². The highest BCUT2D eigenvalue weighted by molar-refractivity contribution is 5.47. The predicted molar refractivity (Wildman–Crippen MR) is 75.3 cm³/mol. The van der Waals surface area contributed by atoms with E-state index in [1.54, 1.807) is 13.0 Å². The maximum Gasteiger partial charge on any atom is 0.290 e. The third-order valence-corrected chi connectivity index (χ3v) is 3.97. The predicted octanol–water partition coefficient (Wildman–Crippen LogP) is 3.68. The Bertz CT molecular complexity index is 462. The molecule has 2 unspecified atom stereocenters. The normalized spacial score (nSPS) is 23.7. The summed E-state index contributed by atoms with van der Waals surface area (Å²) in [6.45, 7) is 4.02. The van der Waals surface area contributed by atoms with Crippen molar-refractivity contribution < 1.29 is 4.92 Å². The van der Waals surface area contributed by atoms with Crippen LogP contribution in [0.25, 0.3) is 0 Å². The van der Waals surface area contributed by atoms with Gasteiger partial charge < -0.3 is 5.32 Å². The van der Waals surface area contributed by atoms with Crippen molar-refractivity contribution in [2.45, 2.75) is 52.0 Å². The average Bonchev–Trinajstić information content (AvgIpc) is 2.55. The second-order valence-corrected chi connectivity index (χ2v) is 5.48. The first-order valence-electron chi connectivity index (χ1n) is 6.95. The maximum absolute atomic E-state index is 10.8. The molecule has 0 radical (unpaired) electrons. The smallest absolute Gasteiger partial charge is 0.290 e. The Morgan fingerprint density at radius 3 is 2.79 bits per heavy atom. The summed E-state index contributed by atoms with van der Waals surface area (Å²) in [5.41, 5.74) is 0.739. The molecule has 0 amide bonds. The van der Waals surface area contributed by atoms with Crippen LogP contribution >= 0.6 is 0 Å². The number of aryl methyl sites for hydroxylation is 1.